The smallest absolute Gasteiger partial charge is 0.248 e. The predicted octanol–water partition coefficient (Wildman–Crippen LogP) is 1.12. The van der Waals surface area contributed by atoms with E-state index < -0.39 is 15.7 Å². The monoisotopic (exact) mass is 370 g/mol. The van der Waals surface area contributed by atoms with Crippen molar-refractivity contribution in [2.75, 3.05) is 12.3 Å². The fourth-order valence-electron chi connectivity index (χ4n) is 2.07. The van der Waals surface area contributed by atoms with E-state index in [0.717, 1.165) is 0 Å². The van der Waals surface area contributed by atoms with Gasteiger partial charge in [-0.1, -0.05) is 30.0 Å². The maximum absolute atomic E-state index is 12.1. The Morgan fingerprint density at radius 2 is 1.65 bits per heavy atom. The van der Waals surface area contributed by atoms with Gasteiger partial charge in [0.25, 0.3) is 0 Å². The van der Waals surface area contributed by atoms with Crippen molar-refractivity contribution >= 4 is 21.7 Å². The van der Waals surface area contributed by atoms with Crippen molar-refractivity contribution in [1.82, 2.24) is 5.32 Å². The second kappa shape index (κ2) is 8.83. The first-order valence-electron chi connectivity index (χ1n) is 7.82. The summed E-state index contributed by atoms with van der Waals surface area (Å²) in [6.07, 6.45) is -0.133. The number of nitrogens with two attached hydrogens (primary N) is 1. The van der Waals surface area contributed by atoms with E-state index >= 15 is 0 Å². The van der Waals surface area contributed by atoms with Gasteiger partial charge in [0, 0.05) is 17.5 Å². The van der Waals surface area contributed by atoms with Crippen LogP contribution in [0.3, 0.4) is 0 Å². The molecule has 0 saturated heterocycles. The molecule has 2 aromatic carbocycles. The summed E-state index contributed by atoms with van der Waals surface area (Å²) >= 11 is 0. The van der Waals surface area contributed by atoms with Gasteiger partial charge in [-0.25, -0.2) is 8.42 Å². The van der Waals surface area contributed by atoms with Gasteiger partial charge in [-0.2, -0.15) is 0 Å². The van der Waals surface area contributed by atoms with E-state index in [2.05, 4.69) is 17.2 Å². The Balaban J connectivity index is 1.80. The standard InChI is InChI=1S/C19H18N2O4S/c20-19(23)16-10-8-15(9-11-16)5-4-13-21-18(22)12-14-26(24,25)17-6-2-1-3-7-17/h1-3,6-11H,12-14H2,(H2,20,23)(H,21,22). The first-order valence-corrected chi connectivity index (χ1v) is 9.47. The molecule has 0 radical (unpaired) electrons. The van der Waals surface area contributed by atoms with Gasteiger partial charge in [-0.3, -0.25) is 9.59 Å². The molecule has 134 valence electrons. The summed E-state index contributed by atoms with van der Waals surface area (Å²) in [4.78, 5) is 22.9. The highest BCUT2D eigenvalue weighted by Gasteiger charge is 2.15. The number of hydrogen-bond donors (Lipinski definition) is 2. The van der Waals surface area contributed by atoms with Gasteiger partial charge in [0.1, 0.15) is 0 Å². The molecule has 0 aliphatic carbocycles. The minimum absolute atomic E-state index is 0.0990. The quantitative estimate of drug-likeness (QED) is 0.743. The number of hydrogen-bond acceptors (Lipinski definition) is 4. The molecule has 2 rings (SSSR count). The van der Waals surface area contributed by atoms with Crippen molar-refractivity contribution < 1.29 is 18.0 Å². The first kappa shape index (κ1) is 19.2. The molecule has 0 atom stereocenters. The van der Waals surface area contributed by atoms with Crippen molar-refractivity contribution in [2.24, 2.45) is 5.73 Å². The summed E-state index contributed by atoms with van der Waals surface area (Å²) in [5, 5.41) is 2.56. The highest BCUT2D eigenvalue weighted by Crippen LogP contribution is 2.10. The van der Waals surface area contributed by atoms with E-state index in [0.29, 0.717) is 11.1 Å². The number of rotatable bonds is 6. The zero-order valence-electron chi connectivity index (χ0n) is 13.9. The van der Waals surface area contributed by atoms with Gasteiger partial charge in [-0.05, 0) is 36.4 Å². The number of amides is 2. The van der Waals surface area contributed by atoms with Crippen LogP contribution in [-0.2, 0) is 14.6 Å². The lowest BCUT2D eigenvalue weighted by atomic mass is 10.1. The third kappa shape index (κ3) is 5.76. The Morgan fingerprint density at radius 1 is 1.00 bits per heavy atom. The van der Waals surface area contributed by atoms with Gasteiger partial charge in [-0.15, -0.1) is 0 Å². The highest BCUT2D eigenvalue weighted by atomic mass is 32.2. The Kier molecular flexibility index (Phi) is 6.53. The molecule has 6 nitrogen and oxygen atoms in total. The van der Waals surface area contributed by atoms with Crippen LogP contribution >= 0.6 is 0 Å². The zero-order chi connectivity index (χ0) is 19.0. The Labute approximate surface area is 152 Å². The maximum Gasteiger partial charge on any atom is 0.248 e. The average molecular weight is 370 g/mol. The molecule has 0 aromatic heterocycles. The van der Waals surface area contributed by atoms with Crippen LogP contribution in [-0.4, -0.2) is 32.5 Å². The lowest BCUT2D eigenvalue weighted by Gasteiger charge is -2.04. The lowest BCUT2D eigenvalue weighted by Crippen LogP contribution is -2.25. The molecule has 0 bridgehead atoms. The first-order chi connectivity index (χ1) is 12.4. The number of carbonyl (C=O) groups is 2. The van der Waals surface area contributed by atoms with Crippen molar-refractivity contribution in [1.29, 1.82) is 0 Å². The van der Waals surface area contributed by atoms with E-state index in [1.54, 1.807) is 42.5 Å². The molecule has 0 fully saturated rings. The third-order valence-corrected chi connectivity index (χ3v) is 5.21. The number of benzene rings is 2. The summed E-state index contributed by atoms with van der Waals surface area (Å²) in [6, 6.07) is 14.5. The molecule has 26 heavy (non-hydrogen) atoms. The Bertz CT molecular complexity index is 941. The zero-order valence-corrected chi connectivity index (χ0v) is 14.8. The number of primary amides is 1. The van der Waals surface area contributed by atoms with Gasteiger partial charge in [0.15, 0.2) is 9.84 Å². The second-order valence-electron chi connectivity index (χ2n) is 5.40. The second-order valence-corrected chi connectivity index (χ2v) is 7.51. The van der Waals surface area contributed by atoms with Crippen LogP contribution in [0.1, 0.15) is 22.3 Å². The summed E-state index contributed by atoms with van der Waals surface area (Å²) < 4.78 is 24.2. The van der Waals surface area contributed by atoms with Gasteiger partial charge in [0.2, 0.25) is 11.8 Å². The number of carbonyl (C=O) groups excluding carboxylic acids is 2. The van der Waals surface area contributed by atoms with Gasteiger partial charge in [0.05, 0.1) is 17.2 Å². The van der Waals surface area contributed by atoms with Crippen LogP contribution < -0.4 is 11.1 Å². The highest BCUT2D eigenvalue weighted by molar-refractivity contribution is 7.91. The average Bonchev–Trinajstić information content (AvgIpc) is 2.65. The lowest BCUT2D eigenvalue weighted by molar-refractivity contribution is -0.120. The molecule has 7 heteroatoms. The van der Waals surface area contributed by atoms with Crippen molar-refractivity contribution in [3.05, 3.63) is 65.7 Å². The van der Waals surface area contributed by atoms with Gasteiger partial charge >= 0.3 is 0 Å². The van der Waals surface area contributed by atoms with E-state index in [1.165, 1.54) is 12.1 Å². The van der Waals surface area contributed by atoms with Crippen LogP contribution in [0.4, 0.5) is 0 Å². The largest absolute Gasteiger partial charge is 0.366 e. The molecule has 0 heterocycles. The normalized spacial score (nSPS) is 10.5. The molecule has 0 spiro atoms. The molecule has 2 aromatic rings. The third-order valence-electron chi connectivity index (χ3n) is 3.48. The Hall–Kier alpha value is -3.11. The fourth-order valence-corrected chi connectivity index (χ4v) is 3.33. The van der Waals surface area contributed by atoms with Crippen molar-refractivity contribution in [3.63, 3.8) is 0 Å². The van der Waals surface area contributed by atoms with Gasteiger partial charge < -0.3 is 11.1 Å². The molecule has 2 amide bonds. The van der Waals surface area contributed by atoms with E-state index in [1.807, 2.05) is 0 Å². The summed E-state index contributed by atoms with van der Waals surface area (Å²) in [5.41, 5.74) is 6.22. The minimum Gasteiger partial charge on any atom is -0.366 e. The van der Waals surface area contributed by atoms with Crippen LogP contribution in [0.5, 0.6) is 0 Å². The predicted molar refractivity (Wildman–Crippen MR) is 98.0 cm³/mol. The van der Waals surface area contributed by atoms with Crippen LogP contribution in [0, 0.1) is 11.8 Å². The maximum atomic E-state index is 12.1. The van der Waals surface area contributed by atoms with Crippen LogP contribution in [0.2, 0.25) is 0 Å². The summed E-state index contributed by atoms with van der Waals surface area (Å²) in [6.45, 7) is 0.0990. The number of sulfone groups is 1. The summed E-state index contributed by atoms with van der Waals surface area (Å²) in [7, 11) is -3.47. The Morgan fingerprint density at radius 3 is 2.27 bits per heavy atom. The molecule has 0 aliphatic rings. The van der Waals surface area contributed by atoms with E-state index in [4.69, 9.17) is 5.73 Å². The SMILES string of the molecule is NC(=O)c1ccc(C#CCNC(=O)CCS(=O)(=O)c2ccccc2)cc1. The molecule has 0 saturated carbocycles. The molecule has 0 unspecified atom stereocenters. The fraction of sp³-hybridized carbons (Fsp3) is 0.158. The summed E-state index contributed by atoms with van der Waals surface area (Å²) in [5.74, 6) is 4.43. The number of nitrogens with one attached hydrogen (secondary N) is 1. The minimum atomic E-state index is -3.47. The van der Waals surface area contributed by atoms with Crippen LogP contribution in [0.15, 0.2) is 59.5 Å². The van der Waals surface area contributed by atoms with Crippen LogP contribution in [0.25, 0.3) is 0 Å². The molecular weight excluding hydrogens is 352 g/mol. The van der Waals surface area contributed by atoms with E-state index in [-0.39, 0.29) is 29.5 Å². The molecular formula is C19H18N2O4S. The van der Waals surface area contributed by atoms with Crippen molar-refractivity contribution in [3.8, 4) is 11.8 Å². The topological polar surface area (TPSA) is 106 Å². The van der Waals surface area contributed by atoms with E-state index in [9.17, 15) is 18.0 Å². The molecule has 0 aliphatic heterocycles. The molecule has 3 N–H and O–H groups in total. The van der Waals surface area contributed by atoms with Crippen molar-refractivity contribution in [2.45, 2.75) is 11.3 Å².